The van der Waals surface area contributed by atoms with E-state index in [1.165, 1.54) is 6.33 Å². The number of fused-ring (bicyclic) bond motifs is 1. The first-order valence-electron chi connectivity index (χ1n) is 9.26. The van der Waals surface area contributed by atoms with Gasteiger partial charge in [0.25, 0.3) is 5.78 Å². The number of anilines is 2. The number of nitrogens with zero attached hydrogens (tertiary/aromatic N) is 4. The van der Waals surface area contributed by atoms with Gasteiger partial charge in [-0.2, -0.15) is 14.6 Å². The Balaban J connectivity index is 1.56. The SMILES string of the molecule is Cc1cc(Nc2cccc(CS(=O)(=O)C3CCCCC3)c2)n2ncnc2n1. The molecule has 0 saturated heterocycles. The lowest BCUT2D eigenvalue weighted by atomic mass is 10.0. The normalized spacial score (nSPS) is 15.9. The molecule has 4 rings (SSSR count). The fourth-order valence-electron chi connectivity index (χ4n) is 3.68. The van der Waals surface area contributed by atoms with Gasteiger partial charge in [0.15, 0.2) is 9.84 Å². The minimum absolute atomic E-state index is 0.0846. The van der Waals surface area contributed by atoms with Crippen molar-refractivity contribution in [1.29, 1.82) is 0 Å². The number of benzene rings is 1. The van der Waals surface area contributed by atoms with Crippen molar-refractivity contribution >= 4 is 27.1 Å². The smallest absolute Gasteiger partial charge is 0.254 e. The van der Waals surface area contributed by atoms with Crippen LogP contribution < -0.4 is 5.32 Å². The second kappa shape index (κ2) is 7.26. The Bertz CT molecular complexity index is 1050. The molecule has 7 nitrogen and oxygen atoms in total. The summed E-state index contributed by atoms with van der Waals surface area (Å²) in [5.74, 6) is 1.34. The molecule has 0 radical (unpaired) electrons. The first kappa shape index (κ1) is 17.9. The van der Waals surface area contributed by atoms with Gasteiger partial charge < -0.3 is 5.32 Å². The molecule has 0 amide bonds. The van der Waals surface area contributed by atoms with Gasteiger partial charge in [-0.05, 0) is 37.5 Å². The molecular weight excluding hydrogens is 362 g/mol. The first-order valence-corrected chi connectivity index (χ1v) is 11.0. The number of hydrogen-bond acceptors (Lipinski definition) is 6. The van der Waals surface area contributed by atoms with Crippen molar-refractivity contribution in [1.82, 2.24) is 19.6 Å². The Kier molecular flexibility index (Phi) is 4.82. The predicted octanol–water partition coefficient (Wildman–Crippen LogP) is 3.42. The van der Waals surface area contributed by atoms with Crippen LogP contribution in [0.1, 0.15) is 43.4 Å². The molecule has 1 N–H and O–H groups in total. The van der Waals surface area contributed by atoms with Crippen molar-refractivity contribution in [3.05, 3.63) is 47.9 Å². The summed E-state index contributed by atoms with van der Waals surface area (Å²) in [5.41, 5.74) is 2.44. The predicted molar refractivity (Wildman–Crippen MR) is 105 cm³/mol. The van der Waals surface area contributed by atoms with Crippen molar-refractivity contribution in [3.8, 4) is 0 Å². The third-order valence-corrected chi connectivity index (χ3v) is 7.23. The monoisotopic (exact) mass is 385 g/mol. The Morgan fingerprint density at radius 3 is 2.81 bits per heavy atom. The van der Waals surface area contributed by atoms with Crippen molar-refractivity contribution in [3.63, 3.8) is 0 Å². The van der Waals surface area contributed by atoms with Crippen LogP contribution in [0.3, 0.4) is 0 Å². The summed E-state index contributed by atoms with van der Waals surface area (Å²) in [6, 6.07) is 9.43. The number of hydrogen-bond donors (Lipinski definition) is 1. The van der Waals surface area contributed by atoms with Gasteiger partial charge in [-0.3, -0.25) is 0 Å². The third-order valence-electron chi connectivity index (χ3n) is 5.01. The van der Waals surface area contributed by atoms with Crippen LogP contribution in [0.15, 0.2) is 36.7 Å². The van der Waals surface area contributed by atoms with Crippen LogP contribution >= 0.6 is 0 Å². The zero-order chi connectivity index (χ0) is 18.9. The van der Waals surface area contributed by atoms with Crippen molar-refractivity contribution in [2.45, 2.75) is 50.0 Å². The van der Waals surface area contributed by atoms with Crippen LogP contribution in [0.25, 0.3) is 5.78 Å². The van der Waals surface area contributed by atoms with E-state index < -0.39 is 9.84 Å². The highest BCUT2D eigenvalue weighted by Crippen LogP contribution is 2.27. The maximum atomic E-state index is 12.8. The first-order chi connectivity index (χ1) is 13.0. The molecule has 2 heterocycles. The van der Waals surface area contributed by atoms with Crippen molar-refractivity contribution in [2.75, 3.05) is 5.32 Å². The number of nitrogens with one attached hydrogen (secondary N) is 1. The summed E-state index contributed by atoms with van der Waals surface area (Å²) in [5, 5.41) is 7.29. The standard InChI is InChI=1S/C19H23N5O2S/c1-14-10-18(24-19(22-14)20-13-21-24)23-16-7-5-6-15(11-16)12-27(25,26)17-8-3-2-4-9-17/h5-7,10-11,13,17,23H,2-4,8-9,12H2,1H3. The lowest BCUT2D eigenvalue weighted by Crippen LogP contribution is -2.25. The van der Waals surface area contributed by atoms with Gasteiger partial charge in [0.05, 0.1) is 11.0 Å². The molecule has 0 atom stereocenters. The summed E-state index contributed by atoms with van der Waals surface area (Å²) in [4.78, 5) is 8.45. The molecule has 1 aliphatic carbocycles. The van der Waals surface area contributed by atoms with E-state index in [1.807, 2.05) is 37.3 Å². The minimum Gasteiger partial charge on any atom is -0.340 e. The van der Waals surface area contributed by atoms with E-state index in [4.69, 9.17) is 0 Å². The average molecular weight is 385 g/mol. The fourth-order valence-corrected chi connectivity index (χ4v) is 5.61. The van der Waals surface area contributed by atoms with Crippen LogP contribution in [0.2, 0.25) is 0 Å². The van der Waals surface area contributed by atoms with E-state index in [1.54, 1.807) is 4.52 Å². The highest BCUT2D eigenvalue weighted by molar-refractivity contribution is 7.91. The molecule has 3 aromatic rings. The van der Waals surface area contributed by atoms with Gasteiger partial charge in [-0.25, -0.2) is 13.4 Å². The largest absolute Gasteiger partial charge is 0.340 e. The van der Waals surface area contributed by atoms with Gasteiger partial charge in [0, 0.05) is 17.4 Å². The van der Waals surface area contributed by atoms with Crippen molar-refractivity contribution < 1.29 is 8.42 Å². The lowest BCUT2D eigenvalue weighted by molar-refractivity contribution is 0.483. The molecule has 1 saturated carbocycles. The summed E-state index contributed by atoms with van der Waals surface area (Å²) in [6.07, 6.45) is 6.22. The van der Waals surface area contributed by atoms with Gasteiger partial charge in [-0.15, -0.1) is 0 Å². The minimum atomic E-state index is -3.12. The molecule has 1 aliphatic rings. The molecule has 1 fully saturated rings. The molecule has 0 spiro atoms. The van der Waals surface area contributed by atoms with Gasteiger partial charge in [0.2, 0.25) is 0 Å². The summed E-state index contributed by atoms with van der Waals surface area (Å²) >= 11 is 0. The van der Waals surface area contributed by atoms with Crippen LogP contribution in [0, 0.1) is 6.92 Å². The van der Waals surface area contributed by atoms with Gasteiger partial charge >= 0.3 is 0 Å². The number of rotatable bonds is 5. The fraction of sp³-hybridized carbons (Fsp3) is 0.421. The van der Waals surface area contributed by atoms with Crippen LogP contribution in [0.5, 0.6) is 0 Å². The zero-order valence-electron chi connectivity index (χ0n) is 15.3. The highest BCUT2D eigenvalue weighted by Gasteiger charge is 2.27. The van der Waals surface area contributed by atoms with E-state index in [0.29, 0.717) is 5.78 Å². The Morgan fingerprint density at radius 1 is 1.19 bits per heavy atom. The molecule has 27 heavy (non-hydrogen) atoms. The lowest BCUT2D eigenvalue weighted by Gasteiger charge is -2.21. The van der Waals surface area contributed by atoms with E-state index in [2.05, 4.69) is 20.4 Å². The quantitative estimate of drug-likeness (QED) is 0.724. The van der Waals surface area contributed by atoms with E-state index in [9.17, 15) is 8.42 Å². The Hall–Kier alpha value is -2.48. The maximum absolute atomic E-state index is 12.8. The molecule has 2 aromatic heterocycles. The average Bonchev–Trinajstić information content (AvgIpc) is 3.11. The molecule has 1 aromatic carbocycles. The van der Waals surface area contributed by atoms with Gasteiger partial charge in [-0.1, -0.05) is 31.4 Å². The Labute approximate surface area is 158 Å². The van der Waals surface area contributed by atoms with E-state index >= 15 is 0 Å². The van der Waals surface area contributed by atoms with Crippen LogP contribution in [-0.2, 0) is 15.6 Å². The molecule has 142 valence electrons. The summed E-state index contributed by atoms with van der Waals surface area (Å²) < 4.78 is 27.1. The molecule has 0 aliphatic heterocycles. The molecule has 0 unspecified atom stereocenters. The molecule has 8 heteroatoms. The topological polar surface area (TPSA) is 89.2 Å². The summed E-state index contributed by atoms with van der Waals surface area (Å²) in [7, 11) is -3.12. The van der Waals surface area contributed by atoms with Crippen LogP contribution in [0.4, 0.5) is 11.5 Å². The summed E-state index contributed by atoms with van der Waals surface area (Å²) in [6.45, 7) is 1.90. The molecule has 0 bridgehead atoms. The van der Waals surface area contributed by atoms with Gasteiger partial charge in [0.1, 0.15) is 12.1 Å². The number of aryl methyl sites for hydroxylation is 1. The Morgan fingerprint density at radius 2 is 2.00 bits per heavy atom. The second-order valence-electron chi connectivity index (χ2n) is 7.15. The molecular formula is C19H23N5O2S. The number of sulfone groups is 1. The van der Waals surface area contributed by atoms with Crippen LogP contribution in [-0.4, -0.2) is 33.2 Å². The van der Waals surface area contributed by atoms with Crippen molar-refractivity contribution in [2.24, 2.45) is 0 Å². The van der Waals surface area contributed by atoms with E-state index in [0.717, 1.165) is 54.9 Å². The second-order valence-corrected chi connectivity index (χ2v) is 9.43. The maximum Gasteiger partial charge on any atom is 0.254 e. The highest BCUT2D eigenvalue weighted by atomic mass is 32.2. The number of aromatic nitrogens is 4. The zero-order valence-corrected chi connectivity index (χ0v) is 16.1. The van der Waals surface area contributed by atoms with E-state index in [-0.39, 0.29) is 11.0 Å². The third kappa shape index (κ3) is 3.95.